The van der Waals surface area contributed by atoms with Crippen molar-refractivity contribution in [1.82, 2.24) is 0 Å². The average Bonchev–Trinajstić information content (AvgIpc) is 2.52. The minimum Gasteiger partial charge on any atom is -0.280 e. The van der Waals surface area contributed by atoms with Crippen molar-refractivity contribution in [2.24, 2.45) is 0 Å². The predicted octanol–water partition coefficient (Wildman–Crippen LogP) is 2.81. The van der Waals surface area contributed by atoms with E-state index in [1.807, 2.05) is 24.3 Å². The van der Waals surface area contributed by atoms with Gasteiger partial charge in [0.25, 0.3) is 20.0 Å². The highest BCUT2D eigenvalue weighted by molar-refractivity contribution is 7.96. The van der Waals surface area contributed by atoms with E-state index >= 15 is 0 Å². The molecule has 0 saturated heterocycles. The van der Waals surface area contributed by atoms with Crippen molar-refractivity contribution >= 4 is 43.6 Å². The molecule has 4 rings (SSSR count). The molecule has 2 aliphatic rings. The van der Waals surface area contributed by atoms with Crippen LogP contribution >= 0.6 is 0 Å². The van der Waals surface area contributed by atoms with Gasteiger partial charge in [0.2, 0.25) is 0 Å². The molecule has 0 atom stereocenters. The summed E-state index contributed by atoms with van der Waals surface area (Å²) in [5, 5.41) is 2.26. The van der Waals surface area contributed by atoms with E-state index in [1.165, 1.54) is 0 Å². The van der Waals surface area contributed by atoms with Crippen molar-refractivity contribution in [3.8, 4) is 11.1 Å². The van der Waals surface area contributed by atoms with E-state index in [0.29, 0.717) is 11.4 Å². The lowest BCUT2D eigenvalue weighted by Crippen LogP contribution is -2.13. The Morgan fingerprint density at radius 1 is 0.625 bits per heavy atom. The Hall–Kier alpha value is -2.58. The fraction of sp³-hybridized carbons (Fsp3) is 0. The minimum absolute atomic E-state index is 0.534. The Balaban J connectivity index is 1.76. The number of nitrogens with one attached hydrogen (secondary N) is 2. The molecule has 122 valence electrons. The molecule has 0 bridgehead atoms. The van der Waals surface area contributed by atoms with Crippen molar-refractivity contribution in [2.75, 3.05) is 9.44 Å². The van der Waals surface area contributed by atoms with Gasteiger partial charge in [-0.1, -0.05) is 12.1 Å². The van der Waals surface area contributed by atoms with E-state index in [-0.39, 0.29) is 0 Å². The van der Waals surface area contributed by atoms with Crippen molar-refractivity contribution < 1.29 is 16.8 Å². The molecule has 2 aromatic carbocycles. The van der Waals surface area contributed by atoms with Gasteiger partial charge in [0.15, 0.2) is 0 Å². The number of hydrogen-bond donors (Lipinski definition) is 2. The van der Waals surface area contributed by atoms with E-state index in [9.17, 15) is 16.8 Å². The Bertz CT molecular complexity index is 1040. The first kappa shape index (κ1) is 15.0. The number of anilines is 2. The summed E-state index contributed by atoms with van der Waals surface area (Å²) in [6, 6.07) is 10.8. The standard InChI is InChI=1S/C16H12N2O4S2/c19-23(20)7-5-13-9-11(1-3-15(13)17-23)12-2-4-16-14(10-12)6-8-24(21,22)18-16/h1-10,17-18H. The van der Waals surface area contributed by atoms with E-state index in [1.54, 1.807) is 24.3 Å². The first-order chi connectivity index (χ1) is 11.3. The Morgan fingerprint density at radius 3 is 1.46 bits per heavy atom. The molecule has 0 aromatic heterocycles. The minimum atomic E-state index is -3.40. The van der Waals surface area contributed by atoms with Crippen LogP contribution in [-0.4, -0.2) is 16.8 Å². The number of rotatable bonds is 1. The van der Waals surface area contributed by atoms with Crippen molar-refractivity contribution in [1.29, 1.82) is 0 Å². The second kappa shape index (κ2) is 4.96. The SMILES string of the molecule is O=S1(=O)C=Cc2cc(-c3ccc4c(c3)C=CS(=O)(=O)N4)ccc2N1. The molecular weight excluding hydrogens is 348 g/mol. The summed E-state index contributed by atoms with van der Waals surface area (Å²) in [7, 11) is -6.80. The maximum absolute atomic E-state index is 11.5. The zero-order valence-corrected chi connectivity index (χ0v) is 13.9. The lowest BCUT2D eigenvalue weighted by Gasteiger charge is -2.16. The fourth-order valence-corrected chi connectivity index (χ4v) is 4.42. The molecule has 0 saturated carbocycles. The smallest absolute Gasteiger partial charge is 0.255 e. The zero-order valence-electron chi connectivity index (χ0n) is 12.2. The van der Waals surface area contributed by atoms with Gasteiger partial charge in [-0.25, -0.2) is 16.8 Å². The largest absolute Gasteiger partial charge is 0.280 e. The van der Waals surface area contributed by atoms with Crippen LogP contribution < -0.4 is 9.44 Å². The third-order valence-corrected chi connectivity index (χ3v) is 5.79. The normalized spacial score (nSPS) is 18.8. The van der Waals surface area contributed by atoms with Crippen molar-refractivity contribution in [2.45, 2.75) is 0 Å². The molecule has 8 heteroatoms. The highest BCUT2D eigenvalue weighted by Crippen LogP contribution is 2.33. The molecule has 0 spiro atoms. The fourth-order valence-electron chi connectivity index (χ4n) is 2.65. The van der Waals surface area contributed by atoms with Crippen LogP contribution in [0.2, 0.25) is 0 Å². The first-order valence-corrected chi connectivity index (χ1v) is 10.1. The van der Waals surface area contributed by atoms with E-state index in [0.717, 1.165) is 33.1 Å². The second-order valence-corrected chi connectivity index (χ2v) is 8.64. The molecule has 2 N–H and O–H groups in total. The van der Waals surface area contributed by atoms with Gasteiger partial charge in [-0.2, -0.15) is 0 Å². The van der Waals surface area contributed by atoms with Gasteiger partial charge in [-0.05, 0) is 58.7 Å². The Labute approximate surface area is 139 Å². The van der Waals surface area contributed by atoms with Gasteiger partial charge in [0.05, 0.1) is 22.2 Å². The van der Waals surface area contributed by atoms with Crippen molar-refractivity contribution in [3.05, 3.63) is 58.3 Å². The van der Waals surface area contributed by atoms with Gasteiger partial charge >= 0.3 is 0 Å². The molecule has 0 radical (unpaired) electrons. The Kier molecular flexibility index (Phi) is 3.09. The molecule has 0 fully saturated rings. The van der Waals surface area contributed by atoms with Crippen LogP contribution in [0.1, 0.15) is 11.1 Å². The summed E-state index contributed by atoms with van der Waals surface area (Å²) in [5.41, 5.74) is 4.43. The number of fused-ring (bicyclic) bond motifs is 2. The highest BCUT2D eigenvalue weighted by atomic mass is 32.2. The van der Waals surface area contributed by atoms with Crippen LogP contribution in [-0.2, 0) is 20.0 Å². The molecule has 2 aliphatic heterocycles. The molecule has 2 heterocycles. The summed E-state index contributed by atoms with van der Waals surface area (Å²) in [4.78, 5) is 0. The third-order valence-electron chi connectivity index (χ3n) is 3.79. The van der Waals surface area contributed by atoms with Crippen LogP contribution in [0, 0.1) is 0 Å². The van der Waals surface area contributed by atoms with Crippen LogP contribution in [0.15, 0.2) is 47.2 Å². The van der Waals surface area contributed by atoms with Gasteiger partial charge in [-0.3, -0.25) is 9.44 Å². The van der Waals surface area contributed by atoms with E-state index in [2.05, 4.69) is 9.44 Å². The summed E-state index contributed by atoms with van der Waals surface area (Å²) in [6.45, 7) is 0. The molecule has 24 heavy (non-hydrogen) atoms. The van der Waals surface area contributed by atoms with Crippen LogP contribution in [0.4, 0.5) is 11.4 Å². The number of benzene rings is 2. The molecule has 0 unspecified atom stereocenters. The van der Waals surface area contributed by atoms with Crippen LogP contribution in [0.3, 0.4) is 0 Å². The molecular formula is C16H12N2O4S2. The highest BCUT2D eigenvalue weighted by Gasteiger charge is 2.17. The summed E-state index contributed by atoms with van der Waals surface area (Å²) >= 11 is 0. The molecule has 2 aromatic rings. The monoisotopic (exact) mass is 360 g/mol. The lowest BCUT2D eigenvalue weighted by molar-refractivity contribution is 0.607. The molecule has 0 aliphatic carbocycles. The zero-order chi connectivity index (χ0) is 16.9. The van der Waals surface area contributed by atoms with Gasteiger partial charge in [0.1, 0.15) is 0 Å². The predicted molar refractivity (Wildman–Crippen MR) is 95.0 cm³/mol. The summed E-state index contributed by atoms with van der Waals surface area (Å²) in [5.74, 6) is 0. The van der Waals surface area contributed by atoms with Gasteiger partial charge < -0.3 is 0 Å². The summed E-state index contributed by atoms with van der Waals surface area (Å²) < 4.78 is 51.0. The van der Waals surface area contributed by atoms with Crippen LogP contribution in [0.5, 0.6) is 0 Å². The van der Waals surface area contributed by atoms with Crippen molar-refractivity contribution in [3.63, 3.8) is 0 Å². The van der Waals surface area contributed by atoms with Gasteiger partial charge in [-0.15, -0.1) is 0 Å². The lowest BCUT2D eigenvalue weighted by atomic mass is 9.99. The quantitative estimate of drug-likeness (QED) is 0.818. The Morgan fingerprint density at radius 2 is 1.04 bits per heavy atom. The third kappa shape index (κ3) is 2.70. The van der Waals surface area contributed by atoms with Gasteiger partial charge in [0, 0.05) is 0 Å². The summed E-state index contributed by atoms with van der Waals surface area (Å²) in [6.07, 6.45) is 3.11. The second-order valence-electron chi connectivity index (χ2n) is 5.50. The topological polar surface area (TPSA) is 92.3 Å². The molecule has 0 amide bonds. The van der Waals surface area contributed by atoms with Crippen LogP contribution in [0.25, 0.3) is 23.3 Å². The van der Waals surface area contributed by atoms with E-state index in [4.69, 9.17) is 0 Å². The van der Waals surface area contributed by atoms with E-state index < -0.39 is 20.0 Å². The molecule has 6 nitrogen and oxygen atoms in total. The average molecular weight is 360 g/mol. The number of sulfonamides is 2. The maximum atomic E-state index is 11.5. The number of hydrogen-bond acceptors (Lipinski definition) is 4. The maximum Gasteiger partial charge on any atom is 0.255 e. The first-order valence-electron chi connectivity index (χ1n) is 7.02.